The van der Waals surface area contributed by atoms with Crippen molar-refractivity contribution in [1.29, 1.82) is 0 Å². The van der Waals surface area contributed by atoms with Crippen LogP contribution in [0.25, 0.3) is 0 Å². The third-order valence-corrected chi connectivity index (χ3v) is 4.56. The number of aliphatic hydroxyl groups is 1. The van der Waals surface area contributed by atoms with Crippen molar-refractivity contribution in [2.24, 2.45) is 0 Å². The van der Waals surface area contributed by atoms with Crippen LogP contribution in [0.15, 0.2) is 23.1 Å². The SMILES string of the molecule is CC(O)CCCNS(=O)(=O)c1ccc2c(c1)CC(=O)N2. The Balaban J connectivity index is 2.03. The van der Waals surface area contributed by atoms with E-state index in [0.717, 1.165) is 0 Å². The molecule has 1 aromatic rings. The molecule has 1 heterocycles. The summed E-state index contributed by atoms with van der Waals surface area (Å²) in [4.78, 5) is 11.4. The number of amides is 1. The molecule has 7 heteroatoms. The Morgan fingerprint density at radius 3 is 2.90 bits per heavy atom. The second-order valence-electron chi connectivity index (χ2n) is 4.93. The van der Waals surface area contributed by atoms with Crippen LogP contribution in [0, 0.1) is 0 Å². The lowest BCUT2D eigenvalue weighted by Gasteiger charge is -2.09. The molecule has 1 unspecified atom stereocenters. The molecule has 0 saturated carbocycles. The van der Waals surface area contributed by atoms with E-state index in [-0.39, 0.29) is 23.8 Å². The van der Waals surface area contributed by atoms with Gasteiger partial charge in [-0.25, -0.2) is 13.1 Å². The van der Waals surface area contributed by atoms with Crippen molar-refractivity contribution < 1.29 is 18.3 Å². The highest BCUT2D eigenvalue weighted by Gasteiger charge is 2.21. The number of hydrogen-bond acceptors (Lipinski definition) is 4. The van der Waals surface area contributed by atoms with Crippen molar-refractivity contribution in [3.05, 3.63) is 23.8 Å². The minimum absolute atomic E-state index is 0.126. The number of anilines is 1. The largest absolute Gasteiger partial charge is 0.393 e. The van der Waals surface area contributed by atoms with E-state index in [4.69, 9.17) is 5.11 Å². The van der Waals surface area contributed by atoms with Gasteiger partial charge in [0.15, 0.2) is 0 Å². The molecule has 2 rings (SSSR count). The van der Waals surface area contributed by atoms with Crippen molar-refractivity contribution in [1.82, 2.24) is 4.72 Å². The zero-order valence-electron chi connectivity index (χ0n) is 11.2. The maximum atomic E-state index is 12.1. The van der Waals surface area contributed by atoms with E-state index in [9.17, 15) is 13.2 Å². The predicted molar refractivity (Wildman–Crippen MR) is 74.9 cm³/mol. The van der Waals surface area contributed by atoms with Gasteiger partial charge in [0.25, 0.3) is 0 Å². The summed E-state index contributed by atoms with van der Waals surface area (Å²) in [5.41, 5.74) is 1.37. The summed E-state index contributed by atoms with van der Waals surface area (Å²) in [6.45, 7) is 1.94. The van der Waals surface area contributed by atoms with Crippen LogP contribution in [-0.2, 0) is 21.2 Å². The summed E-state index contributed by atoms with van der Waals surface area (Å²) in [5.74, 6) is -0.126. The number of rotatable bonds is 6. The number of aliphatic hydroxyl groups excluding tert-OH is 1. The zero-order chi connectivity index (χ0) is 14.8. The molecule has 0 aliphatic carbocycles. The zero-order valence-corrected chi connectivity index (χ0v) is 12.0. The van der Waals surface area contributed by atoms with Gasteiger partial charge in [-0.1, -0.05) is 0 Å². The number of carbonyl (C=O) groups excluding carboxylic acids is 1. The fraction of sp³-hybridized carbons (Fsp3) is 0.462. The van der Waals surface area contributed by atoms with Crippen LogP contribution in [-0.4, -0.2) is 32.1 Å². The van der Waals surface area contributed by atoms with Crippen molar-refractivity contribution in [3.8, 4) is 0 Å². The van der Waals surface area contributed by atoms with E-state index in [1.165, 1.54) is 12.1 Å². The van der Waals surface area contributed by atoms with E-state index in [1.807, 2.05) is 0 Å². The number of hydrogen-bond donors (Lipinski definition) is 3. The van der Waals surface area contributed by atoms with Gasteiger partial charge in [-0.3, -0.25) is 4.79 Å². The number of benzene rings is 1. The molecule has 1 aliphatic heterocycles. The van der Waals surface area contributed by atoms with Gasteiger partial charge in [0.2, 0.25) is 15.9 Å². The van der Waals surface area contributed by atoms with E-state index >= 15 is 0 Å². The first-order valence-electron chi connectivity index (χ1n) is 6.49. The molecule has 0 fully saturated rings. The molecule has 0 aromatic heterocycles. The van der Waals surface area contributed by atoms with Gasteiger partial charge in [0, 0.05) is 12.2 Å². The van der Waals surface area contributed by atoms with E-state index in [2.05, 4.69) is 10.0 Å². The molecule has 1 aliphatic rings. The molecule has 1 atom stereocenters. The van der Waals surface area contributed by atoms with Crippen LogP contribution in [0.2, 0.25) is 0 Å². The molecule has 1 aromatic carbocycles. The Bertz CT molecular complexity index is 611. The Hall–Kier alpha value is -1.44. The maximum absolute atomic E-state index is 12.1. The lowest BCUT2D eigenvalue weighted by atomic mass is 10.2. The molecule has 0 spiro atoms. The average Bonchev–Trinajstić information content (AvgIpc) is 2.73. The van der Waals surface area contributed by atoms with Crippen molar-refractivity contribution >= 4 is 21.6 Å². The minimum atomic E-state index is -3.57. The third-order valence-electron chi connectivity index (χ3n) is 3.10. The second kappa shape index (κ2) is 5.90. The highest BCUT2D eigenvalue weighted by molar-refractivity contribution is 7.89. The molecule has 0 saturated heterocycles. The van der Waals surface area contributed by atoms with Gasteiger partial charge >= 0.3 is 0 Å². The van der Waals surface area contributed by atoms with Gasteiger partial charge in [-0.2, -0.15) is 0 Å². The Kier molecular flexibility index (Phi) is 4.42. The summed E-state index contributed by atoms with van der Waals surface area (Å²) < 4.78 is 26.6. The van der Waals surface area contributed by atoms with Gasteiger partial charge in [0.1, 0.15) is 0 Å². The number of fused-ring (bicyclic) bond motifs is 1. The van der Waals surface area contributed by atoms with Gasteiger partial charge < -0.3 is 10.4 Å². The fourth-order valence-corrected chi connectivity index (χ4v) is 3.18. The number of sulfonamides is 1. The number of nitrogens with one attached hydrogen (secondary N) is 2. The second-order valence-corrected chi connectivity index (χ2v) is 6.70. The fourth-order valence-electron chi connectivity index (χ4n) is 2.06. The monoisotopic (exact) mass is 298 g/mol. The van der Waals surface area contributed by atoms with Crippen LogP contribution >= 0.6 is 0 Å². The van der Waals surface area contributed by atoms with E-state index < -0.39 is 16.1 Å². The van der Waals surface area contributed by atoms with Crippen LogP contribution in [0.4, 0.5) is 5.69 Å². The highest BCUT2D eigenvalue weighted by atomic mass is 32.2. The van der Waals surface area contributed by atoms with Crippen molar-refractivity contribution in [3.63, 3.8) is 0 Å². The van der Waals surface area contributed by atoms with Crippen LogP contribution in [0.5, 0.6) is 0 Å². The van der Waals surface area contributed by atoms with E-state index in [1.54, 1.807) is 13.0 Å². The molecular formula is C13H18N2O4S. The Morgan fingerprint density at radius 2 is 2.20 bits per heavy atom. The quantitative estimate of drug-likeness (QED) is 0.671. The lowest BCUT2D eigenvalue weighted by molar-refractivity contribution is -0.115. The van der Waals surface area contributed by atoms with Crippen LogP contribution in [0.3, 0.4) is 0 Å². The average molecular weight is 298 g/mol. The molecule has 110 valence electrons. The molecule has 3 N–H and O–H groups in total. The predicted octanol–water partition coefficient (Wildman–Crippen LogP) is 0.620. The maximum Gasteiger partial charge on any atom is 0.240 e. The van der Waals surface area contributed by atoms with E-state index in [0.29, 0.717) is 24.1 Å². The van der Waals surface area contributed by atoms with Crippen molar-refractivity contribution in [2.75, 3.05) is 11.9 Å². The Morgan fingerprint density at radius 1 is 1.45 bits per heavy atom. The first-order chi connectivity index (χ1) is 9.38. The molecule has 20 heavy (non-hydrogen) atoms. The standard InChI is InChI=1S/C13H18N2O4S/c1-9(16)3-2-6-14-20(18,19)11-4-5-12-10(7-11)8-13(17)15-12/h4-5,7,9,14,16H,2-3,6,8H2,1H3,(H,15,17). The number of carbonyl (C=O) groups is 1. The van der Waals surface area contributed by atoms with Crippen LogP contribution < -0.4 is 10.0 Å². The summed E-state index contributed by atoms with van der Waals surface area (Å²) in [6, 6.07) is 4.59. The minimum Gasteiger partial charge on any atom is -0.393 e. The topological polar surface area (TPSA) is 95.5 Å². The van der Waals surface area contributed by atoms with Crippen LogP contribution in [0.1, 0.15) is 25.3 Å². The van der Waals surface area contributed by atoms with Gasteiger partial charge in [0.05, 0.1) is 17.4 Å². The molecule has 6 nitrogen and oxygen atoms in total. The summed E-state index contributed by atoms with van der Waals surface area (Å²) in [5, 5.41) is 11.8. The third kappa shape index (κ3) is 3.56. The van der Waals surface area contributed by atoms with Gasteiger partial charge in [-0.05, 0) is 43.5 Å². The molecule has 0 bridgehead atoms. The lowest BCUT2D eigenvalue weighted by Crippen LogP contribution is -2.25. The van der Waals surface area contributed by atoms with Gasteiger partial charge in [-0.15, -0.1) is 0 Å². The summed E-state index contributed by atoms with van der Waals surface area (Å²) in [6.07, 6.45) is 0.893. The smallest absolute Gasteiger partial charge is 0.240 e. The molecule has 0 radical (unpaired) electrons. The summed E-state index contributed by atoms with van der Waals surface area (Å²) in [7, 11) is -3.57. The van der Waals surface area contributed by atoms with Crippen molar-refractivity contribution in [2.45, 2.75) is 37.2 Å². The molecule has 1 amide bonds. The first-order valence-corrected chi connectivity index (χ1v) is 7.97. The first kappa shape index (κ1) is 15.0. The molecular weight excluding hydrogens is 280 g/mol. The Labute approximate surface area is 118 Å². The summed E-state index contributed by atoms with van der Waals surface area (Å²) >= 11 is 0. The highest BCUT2D eigenvalue weighted by Crippen LogP contribution is 2.25. The normalized spacial score (nSPS) is 15.8.